The minimum Gasteiger partial charge on any atom is -0.478 e. The molecule has 0 fully saturated rings. The Morgan fingerprint density at radius 1 is 0.861 bits per heavy atom. The third kappa shape index (κ3) is 4.24. The van der Waals surface area contributed by atoms with Gasteiger partial charge >= 0.3 is 13.1 Å². The fourth-order valence-electron chi connectivity index (χ4n) is 4.12. The van der Waals surface area contributed by atoms with Gasteiger partial charge in [-0.2, -0.15) is 0 Å². The van der Waals surface area contributed by atoms with E-state index in [-0.39, 0.29) is 16.6 Å². The number of amides is 1. The first-order valence-corrected chi connectivity index (χ1v) is 11.0. The van der Waals surface area contributed by atoms with Gasteiger partial charge in [-0.1, -0.05) is 30.3 Å². The number of nitrogens with two attached hydrogens (primary N) is 1. The molecule has 1 heterocycles. The van der Waals surface area contributed by atoms with Crippen LogP contribution in [0.1, 0.15) is 20.7 Å². The van der Waals surface area contributed by atoms with Crippen molar-refractivity contribution in [3.8, 4) is 22.5 Å². The van der Waals surface area contributed by atoms with Crippen LogP contribution in [0.15, 0.2) is 94.3 Å². The highest BCUT2D eigenvalue weighted by atomic mass is 16.4. The van der Waals surface area contributed by atoms with E-state index in [1.807, 2.05) is 0 Å². The number of carbonyl (C=O) groups excluding carboxylic acids is 1. The van der Waals surface area contributed by atoms with Crippen LogP contribution in [0.5, 0.6) is 0 Å². The van der Waals surface area contributed by atoms with Crippen molar-refractivity contribution in [2.24, 2.45) is 4.99 Å². The Hall–Kier alpha value is -4.73. The first-order valence-electron chi connectivity index (χ1n) is 11.0. The molecule has 0 bridgehead atoms. The van der Waals surface area contributed by atoms with Gasteiger partial charge < -0.3 is 25.3 Å². The molecule has 3 aromatic carbocycles. The lowest BCUT2D eigenvalue weighted by Crippen LogP contribution is -2.29. The van der Waals surface area contributed by atoms with Gasteiger partial charge in [-0.3, -0.25) is 4.79 Å². The Bertz CT molecular complexity index is 1670. The van der Waals surface area contributed by atoms with E-state index in [4.69, 9.17) is 10.2 Å². The Labute approximate surface area is 205 Å². The van der Waals surface area contributed by atoms with Crippen LogP contribution in [0.4, 0.5) is 5.69 Å². The van der Waals surface area contributed by atoms with E-state index >= 15 is 0 Å². The monoisotopic (exact) mass is 478 g/mol. The predicted molar refractivity (Wildman–Crippen MR) is 136 cm³/mol. The Balaban J connectivity index is 1.70. The first kappa shape index (κ1) is 23.0. The molecular formula is C27H19BN2O6. The second kappa shape index (κ2) is 9.14. The highest BCUT2D eigenvalue weighted by Gasteiger charge is 2.21. The minimum absolute atomic E-state index is 0.142. The van der Waals surface area contributed by atoms with Gasteiger partial charge in [0.2, 0.25) is 0 Å². The van der Waals surface area contributed by atoms with Gasteiger partial charge in [0, 0.05) is 39.9 Å². The maximum absolute atomic E-state index is 12.7. The number of carboxylic acid groups (broad SMARTS) is 1. The van der Waals surface area contributed by atoms with Crippen molar-refractivity contribution in [3.63, 3.8) is 0 Å². The van der Waals surface area contributed by atoms with Gasteiger partial charge in [0.15, 0.2) is 0 Å². The molecule has 36 heavy (non-hydrogen) atoms. The summed E-state index contributed by atoms with van der Waals surface area (Å²) in [5, 5.41) is 29.3. The zero-order valence-electron chi connectivity index (χ0n) is 18.8. The zero-order valence-corrected chi connectivity index (χ0v) is 18.8. The van der Waals surface area contributed by atoms with Crippen LogP contribution < -0.4 is 16.6 Å². The summed E-state index contributed by atoms with van der Waals surface area (Å²) in [7, 11) is -1.63. The molecule has 5 N–H and O–H groups in total. The number of benzene rings is 4. The quantitative estimate of drug-likeness (QED) is 0.177. The number of nitrogens with zero attached hydrogens (tertiary/aromatic N) is 1. The molecule has 5 rings (SSSR count). The second-order valence-corrected chi connectivity index (χ2v) is 8.18. The predicted octanol–water partition coefficient (Wildman–Crippen LogP) is 2.91. The first-order chi connectivity index (χ1) is 17.3. The number of rotatable bonds is 4. The summed E-state index contributed by atoms with van der Waals surface area (Å²) >= 11 is 0. The van der Waals surface area contributed by atoms with Crippen LogP contribution in [0.3, 0.4) is 0 Å². The minimum atomic E-state index is -1.63. The standard InChI is InChI=1S/C27H19BN2O6/c29-17-9-11-21-23(13-17)36-24-14-18(30-26(31)15-5-7-16(8-6-15)28(34)35)10-12-22(24)25(21)19-3-1-2-4-20(19)27(32)33/h1-14,34-35H,29H2,(H,32,33). The molecule has 0 unspecified atom stereocenters. The van der Waals surface area contributed by atoms with Crippen molar-refractivity contribution in [3.05, 3.63) is 101 Å². The van der Waals surface area contributed by atoms with Crippen molar-refractivity contribution < 1.29 is 29.2 Å². The second-order valence-electron chi connectivity index (χ2n) is 8.18. The number of hydrogen-bond donors (Lipinski definition) is 4. The number of fused-ring (bicyclic) bond motifs is 2. The topological polar surface area (TPSA) is 146 Å². The molecule has 9 heteroatoms. The molecule has 1 aliphatic carbocycles. The highest BCUT2D eigenvalue weighted by molar-refractivity contribution is 6.58. The number of hydrogen-bond acceptors (Lipinski definition) is 6. The molecular weight excluding hydrogens is 459 g/mol. The highest BCUT2D eigenvalue weighted by Crippen LogP contribution is 2.41. The van der Waals surface area contributed by atoms with E-state index in [0.29, 0.717) is 44.5 Å². The smallest absolute Gasteiger partial charge is 0.478 e. The Morgan fingerprint density at radius 2 is 1.61 bits per heavy atom. The van der Waals surface area contributed by atoms with Crippen molar-refractivity contribution in [1.29, 1.82) is 0 Å². The Morgan fingerprint density at radius 3 is 2.33 bits per heavy atom. The number of carbonyl (C=O) groups is 2. The average molecular weight is 478 g/mol. The average Bonchev–Trinajstić information content (AvgIpc) is 2.87. The molecule has 3 aromatic rings. The number of nitrogen functional groups attached to an aromatic ring is 1. The Kier molecular flexibility index (Phi) is 5.85. The molecule has 0 spiro atoms. The molecule has 0 atom stereocenters. The van der Waals surface area contributed by atoms with Crippen LogP contribution in [-0.2, 0) is 0 Å². The summed E-state index contributed by atoms with van der Waals surface area (Å²) in [6.45, 7) is 0. The molecule has 0 aromatic heterocycles. The summed E-state index contributed by atoms with van der Waals surface area (Å²) in [5.74, 6) is -1.18. The van der Waals surface area contributed by atoms with Gasteiger partial charge in [0.05, 0.1) is 10.9 Å². The van der Waals surface area contributed by atoms with Gasteiger partial charge in [-0.15, -0.1) is 0 Å². The summed E-state index contributed by atoms with van der Waals surface area (Å²) in [5.41, 5.74) is 9.43. The lowest BCUT2D eigenvalue weighted by atomic mass is 9.80. The fraction of sp³-hybridized carbons (Fsp3) is 0. The van der Waals surface area contributed by atoms with E-state index < -0.39 is 19.0 Å². The molecule has 0 radical (unpaired) electrons. The van der Waals surface area contributed by atoms with Crippen molar-refractivity contribution in [2.75, 3.05) is 5.73 Å². The molecule has 0 saturated heterocycles. The molecule has 2 aliphatic rings. The van der Waals surface area contributed by atoms with Crippen molar-refractivity contribution >= 4 is 41.1 Å². The number of aromatic carboxylic acids is 1. The lowest BCUT2D eigenvalue weighted by molar-refractivity contribution is 0.0697. The fourth-order valence-corrected chi connectivity index (χ4v) is 4.12. The maximum atomic E-state index is 12.7. The van der Waals surface area contributed by atoms with Crippen LogP contribution >= 0.6 is 0 Å². The van der Waals surface area contributed by atoms with Gasteiger partial charge in [0.25, 0.3) is 5.91 Å². The van der Waals surface area contributed by atoms with E-state index in [0.717, 1.165) is 0 Å². The van der Waals surface area contributed by atoms with Crippen LogP contribution in [0.25, 0.3) is 33.4 Å². The lowest BCUT2D eigenvalue weighted by Gasteiger charge is -2.17. The maximum Gasteiger partial charge on any atom is 0.488 e. The van der Waals surface area contributed by atoms with E-state index in [2.05, 4.69) is 4.99 Å². The van der Waals surface area contributed by atoms with Crippen LogP contribution in [0, 0.1) is 0 Å². The third-order valence-corrected chi connectivity index (χ3v) is 5.84. The molecule has 1 amide bonds. The van der Waals surface area contributed by atoms with Gasteiger partial charge in [0.1, 0.15) is 11.3 Å². The largest absolute Gasteiger partial charge is 0.488 e. The molecule has 0 saturated carbocycles. The molecule has 176 valence electrons. The summed E-state index contributed by atoms with van der Waals surface area (Å²) in [4.78, 5) is 28.8. The normalized spacial score (nSPS) is 11.7. The summed E-state index contributed by atoms with van der Waals surface area (Å²) in [6, 6.07) is 22.7. The van der Waals surface area contributed by atoms with E-state index in [1.54, 1.807) is 60.7 Å². The summed E-state index contributed by atoms with van der Waals surface area (Å²) < 4.78 is 6.11. The van der Waals surface area contributed by atoms with Gasteiger partial charge in [-0.25, -0.2) is 9.79 Å². The van der Waals surface area contributed by atoms with Crippen molar-refractivity contribution in [2.45, 2.75) is 0 Å². The zero-order chi connectivity index (χ0) is 25.4. The van der Waals surface area contributed by atoms with Crippen LogP contribution in [0.2, 0.25) is 0 Å². The van der Waals surface area contributed by atoms with E-state index in [1.165, 1.54) is 24.3 Å². The van der Waals surface area contributed by atoms with Crippen LogP contribution in [-0.4, -0.2) is 34.1 Å². The molecule has 8 nitrogen and oxygen atoms in total. The van der Waals surface area contributed by atoms with Crippen molar-refractivity contribution in [1.82, 2.24) is 0 Å². The third-order valence-electron chi connectivity index (χ3n) is 5.84. The van der Waals surface area contributed by atoms with Gasteiger partial charge in [-0.05, 0) is 53.5 Å². The summed E-state index contributed by atoms with van der Waals surface area (Å²) in [6.07, 6.45) is 0. The molecule has 1 aliphatic heterocycles. The number of anilines is 1. The van der Waals surface area contributed by atoms with E-state index in [9.17, 15) is 24.7 Å². The number of carboxylic acids is 1. The SMILES string of the molecule is Nc1ccc2c(-c3ccccc3C(=O)O)c3ccc(=NC(=O)c4ccc(B(O)O)cc4)cc-3oc2c1.